The van der Waals surface area contributed by atoms with Crippen molar-refractivity contribution in [3.8, 4) is 0 Å². The second-order valence-corrected chi connectivity index (χ2v) is 6.27. The van der Waals surface area contributed by atoms with Crippen LogP contribution in [0, 0.1) is 24.0 Å². The van der Waals surface area contributed by atoms with Crippen LogP contribution in [0.25, 0.3) is 0 Å². The van der Waals surface area contributed by atoms with Gasteiger partial charge >= 0.3 is 5.69 Å². The van der Waals surface area contributed by atoms with Crippen LogP contribution in [0.15, 0.2) is 22.7 Å². The van der Waals surface area contributed by atoms with E-state index >= 15 is 0 Å². The van der Waals surface area contributed by atoms with E-state index in [2.05, 4.69) is 15.5 Å². The molecule has 0 fully saturated rings. The number of carbonyl (C=O) groups excluding carboxylic acids is 2. The van der Waals surface area contributed by atoms with E-state index in [0.717, 1.165) is 0 Å². The van der Waals surface area contributed by atoms with Gasteiger partial charge in [0.1, 0.15) is 17.1 Å². The lowest BCUT2D eigenvalue weighted by molar-refractivity contribution is -0.386. The van der Waals surface area contributed by atoms with Gasteiger partial charge in [-0.2, -0.15) is 10.2 Å². The molecule has 29 heavy (non-hydrogen) atoms. The molecule has 3 heterocycles. The molecular formula is C17H19N7O5. The molecule has 0 atom stereocenters. The number of nitrogens with two attached hydrogens (primary N) is 1. The number of amides is 2. The first-order chi connectivity index (χ1) is 13.7. The summed E-state index contributed by atoms with van der Waals surface area (Å²) in [5.41, 5.74) is 6.04. The van der Waals surface area contributed by atoms with Gasteiger partial charge in [0.05, 0.1) is 17.2 Å². The van der Waals surface area contributed by atoms with E-state index < -0.39 is 16.7 Å². The maximum atomic E-state index is 12.5. The monoisotopic (exact) mass is 401 g/mol. The molecular weight excluding hydrogens is 382 g/mol. The van der Waals surface area contributed by atoms with E-state index in [1.807, 2.05) is 6.92 Å². The highest BCUT2D eigenvalue weighted by molar-refractivity contribution is 6.06. The molecule has 2 amide bonds. The molecule has 0 spiro atoms. The molecule has 0 saturated carbocycles. The number of nitrogens with one attached hydrogen (secondary N) is 1. The van der Waals surface area contributed by atoms with E-state index in [0.29, 0.717) is 23.7 Å². The molecule has 0 unspecified atom stereocenters. The van der Waals surface area contributed by atoms with Crippen molar-refractivity contribution in [3.63, 3.8) is 0 Å². The lowest BCUT2D eigenvalue weighted by Crippen LogP contribution is -2.17. The third kappa shape index (κ3) is 3.85. The quantitative estimate of drug-likeness (QED) is 0.448. The Morgan fingerprint density at radius 3 is 2.62 bits per heavy atom. The van der Waals surface area contributed by atoms with E-state index in [9.17, 15) is 19.7 Å². The van der Waals surface area contributed by atoms with Crippen molar-refractivity contribution in [2.45, 2.75) is 33.9 Å². The third-order valence-electron chi connectivity index (χ3n) is 4.28. The molecule has 0 saturated heterocycles. The number of furan rings is 1. The number of hydrogen-bond acceptors (Lipinski definition) is 7. The normalized spacial score (nSPS) is 10.9. The van der Waals surface area contributed by atoms with Crippen molar-refractivity contribution in [2.75, 3.05) is 5.32 Å². The molecule has 0 aliphatic carbocycles. The van der Waals surface area contributed by atoms with Crippen molar-refractivity contribution in [1.29, 1.82) is 0 Å². The van der Waals surface area contributed by atoms with Crippen LogP contribution in [-0.2, 0) is 13.1 Å². The van der Waals surface area contributed by atoms with Gasteiger partial charge in [-0.05, 0) is 32.9 Å². The van der Waals surface area contributed by atoms with Gasteiger partial charge in [0.15, 0.2) is 11.5 Å². The first-order valence-corrected chi connectivity index (χ1v) is 8.67. The molecule has 0 bridgehead atoms. The smallest absolute Gasteiger partial charge is 0.312 e. The standard InChI is InChI=1S/C17H19N7O5/c1-4-22-8-12(14(21-22)16(18)25)19-17(26)13-6-5-11(29-13)7-23-10(3)15(24(27)28)9(2)20-23/h5-6,8H,4,7H2,1-3H3,(H2,18,25)(H,19,26). The van der Waals surface area contributed by atoms with Gasteiger partial charge in [-0.1, -0.05) is 0 Å². The minimum Gasteiger partial charge on any atom is -0.454 e. The van der Waals surface area contributed by atoms with E-state index in [1.165, 1.54) is 21.6 Å². The second kappa shape index (κ2) is 7.58. The van der Waals surface area contributed by atoms with Crippen molar-refractivity contribution in [1.82, 2.24) is 19.6 Å². The number of hydrogen-bond donors (Lipinski definition) is 2. The van der Waals surface area contributed by atoms with Gasteiger partial charge < -0.3 is 15.5 Å². The summed E-state index contributed by atoms with van der Waals surface area (Å²) in [7, 11) is 0. The average molecular weight is 401 g/mol. The number of anilines is 1. The van der Waals surface area contributed by atoms with Gasteiger partial charge in [-0.15, -0.1) is 0 Å². The fraction of sp³-hybridized carbons (Fsp3) is 0.294. The van der Waals surface area contributed by atoms with Gasteiger partial charge in [0.25, 0.3) is 11.8 Å². The SMILES string of the molecule is CCn1cc(NC(=O)c2ccc(Cn3nc(C)c([N+](=O)[O-])c3C)o2)c(C(N)=O)n1. The maximum absolute atomic E-state index is 12.5. The van der Waals surface area contributed by atoms with Crippen molar-refractivity contribution in [3.05, 3.63) is 57.0 Å². The highest BCUT2D eigenvalue weighted by Gasteiger charge is 2.23. The fourth-order valence-corrected chi connectivity index (χ4v) is 2.88. The topological polar surface area (TPSA) is 164 Å². The van der Waals surface area contributed by atoms with E-state index in [4.69, 9.17) is 10.2 Å². The van der Waals surface area contributed by atoms with Crippen molar-refractivity contribution >= 4 is 23.2 Å². The van der Waals surface area contributed by atoms with Crippen molar-refractivity contribution in [2.24, 2.45) is 5.73 Å². The van der Waals surface area contributed by atoms with Crippen LogP contribution < -0.4 is 11.1 Å². The second-order valence-electron chi connectivity index (χ2n) is 6.27. The van der Waals surface area contributed by atoms with Gasteiger partial charge in [-0.25, -0.2) is 0 Å². The summed E-state index contributed by atoms with van der Waals surface area (Å²) in [6.07, 6.45) is 1.50. The summed E-state index contributed by atoms with van der Waals surface area (Å²) in [6.45, 7) is 5.58. The molecule has 12 nitrogen and oxygen atoms in total. The zero-order chi connectivity index (χ0) is 21.3. The average Bonchev–Trinajstić information content (AvgIpc) is 3.33. The number of primary amides is 1. The predicted molar refractivity (Wildman–Crippen MR) is 101 cm³/mol. The molecule has 3 N–H and O–H groups in total. The lowest BCUT2D eigenvalue weighted by atomic mass is 10.3. The largest absolute Gasteiger partial charge is 0.454 e. The Labute approximate surface area is 164 Å². The number of carbonyl (C=O) groups is 2. The molecule has 3 aromatic heterocycles. The lowest BCUT2D eigenvalue weighted by Gasteiger charge is -2.02. The molecule has 3 aromatic rings. The number of nitrogens with zero attached hydrogens (tertiary/aromatic N) is 5. The first kappa shape index (κ1) is 19.8. The van der Waals surface area contributed by atoms with Crippen LogP contribution in [-0.4, -0.2) is 36.3 Å². The molecule has 0 aromatic carbocycles. The van der Waals surface area contributed by atoms with Crippen LogP contribution in [0.3, 0.4) is 0 Å². The predicted octanol–water partition coefficient (Wildman–Crippen LogP) is 1.62. The molecule has 0 aliphatic heterocycles. The minimum atomic E-state index is -0.765. The number of nitro groups is 1. The van der Waals surface area contributed by atoms with Crippen LogP contribution in [0.5, 0.6) is 0 Å². The molecule has 3 rings (SSSR count). The zero-order valence-corrected chi connectivity index (χ0v) is 16.0. The minimum absolute atomic E-state index is 0.00398. The Hall–Kier alpha value is -3.96. The highest BCUT2D eigenvalue weighted by Crippen LogP contribution is 2.23. The fourth-order valence-electron chi connectivity index (χ4n) is 2.88. The van der Waals surface area contributed by atoms with Crippen LogP contribution >= 0.6 is 0 Å². The Kier molecular flexibility index (Phi) is 5.17. The summed E-state index contributed by atoms with van der Waals surface area (Å²) >= 11 is 0. The van der Waals surface area contributed by atoms with E-state index in [-0.39, 0.29) is 29.4 Å². The summed E-state index contributed by atoms with van der Waals surface area (Å²) in [6, 6.07) is 3.03. The maximum Gasteiger partial charge on any atom is 0.312 e. The summed E-state index contributed by atoms with van der Waals surface area (Å²) < 4.78 is 8.44. The Bertz CT molecular complexity index is 1110. The number of rotatable bonds is 7. The third-order valence-corrected chi connectivity index (χ3v) is 4.28. The van der Waals surface area contributed by atoms with Gasteiger partial charge in [-0.3, -0.25) is 29.1 Å². The van der Waals surface area contributed by atoms with Gasteiger partial charge in [0.2, 0.25) is 0 Å². The van der Waals surface area contributed by atoms with Crippen LogP contribution in [0.4, 0.5) is 11.4 Å². The summed E-state index contributed by atoms with van der Waals surface area (Å²) in [5.74, 6) is -0.974. The van der Waals surface area contributed by atoms with Gasteiger partial charge in [0, 0.05) is 12.7 Å². The number of aryl methyl sites for hydroxylation is 2. The molecule has 0 radical (unpaired) electrons. The van der Waals surface area contributed by atoms with Crippen LogP contribution in [0.1, 0.15) is 45.1 Å². The molecule has 152 valence electrons. The molecule has 12 heteroatoms. The summed E-state index contributed by atoms with van der Waals surface area (Å²) in [5, 5.41) is 21.8. The van der Waals surface area contributed by atoms with E-state index in [1.54, 1.807) is 19.9 Å². The zero-order valence-electron chi connectivity index (χ0n) is 16.0. The Balaban J connectivity index is 1.78. The molecule has 0 aliphatic rings. The Morgan fingerprint density at radius 1 is 1.31 bits per heavy atom. The first-order valence-electron chi connectivity index (χ1n) is 8.67. The van der Waals surface area contributed by atoms with Crippen molar-refractivity contribution < 1.29 is 18.9 Å². The van der Waals surface area contributed by atoms with Crippen LogP contribution in [0.2, 0.25) is 0 Å². The summed E-state index contributed by atoms with van der Waals surface area (Å²) in [4.78, 5) is 34.6. The number of aromatic nitrogens is 4. The highest BCUT2D eigenvalue weighted by atomic mass is 16.6. The Morgan fingerprint density at radius 2 is 2.03 bits per heavy atom.